The highest BCUT2D eigenvalue weighted by molar-refractivity contribution is 5.77. The molecule has 0 spiro atoms. The summed E-state index contributed by atoms with van der Waals surface area (Å²) < 4.78 is 1.67. The van der Waals surface area contributed by atoms with Gasteiger partial charge in [-0.05, 0) is 32.1 Å². The number of aromatic nitrogens is 5. The second-order valence-electron chi connectivity index (χ2n) is 7.67. The Bertz CT molecular complexity index is 851. The molecule has 1 aliphatic heterocycles. The van der Waals surface area contributed by atoms with E-state index in [1.807, 2.05) is 4.90 Å². The third kappa shape index (κ3) is 3.37. The highest BCUT2D eigenvalue weighted by atomic mass is 16.2. The van der Waals surface area contributed by atoms with Crippen LogP contribution in [0.25, 0.3) is 11.2 Å². The summed E-state index contributed by atoms with van der Waals surface area (Å²) in [6, 6.07) is 0.109. The van der Waals surface area contributed by atoms with Gasteiger partial charge in [-0.3, -0.25) is 9.59 Å². The number of fused-ring (bicyclic) bond motifs is 1. The molecule has 1 N–H and O–H groups in total. The van der Waals surface area contributed by atoms with Crippen molar-refractivity contribution in [2.45, 2.75) is 70.9 Å². The van der Waals surface area contributed by atoms with E-state index in [0.29, 0.717) is 24.4 Å². The zero-order valence-electron chi connectivity index (χ0n) is 15.3. The van der Waals surface area contributed by atoms with Gasteiger partial charge in [0.25, 0.3) is 5.56 Å². The van der Waals surface area contributed by atoms with Crippen LogP contribution in [0.3, 0.4) is 0 Å². The lowest BCUT2D eigenvalue weighted by Crippen LogP contribution is -2.38. The number of aryl methyl sites for hydroxylation is 1. The molecule has 2 fully saturated rings. The minimum Gasteiger partial charge on any atom is -0.338 e. The first-order chi connectivity index (χ1) is 12.6. The molecule has 2 aromatic rings. The molecule has 3 heterocycles. The summed E-state index contributed by atoms with van der Waals surface area (Å²) in [4.78, 5) is 33.7. The Balaban J connectivity index is 1.45. The molecule has 1 aliphatic carbocycles. The number of likely N-dealkylation sites (tertiary alicyclic amines) is 1. The maximum atomic E-state index is 12.7. The molecule has 2 aromatic heterocycles. The fourth-order valence-corrected chi connectivity index (χ4v) is 4.42. The van der Waals surface area contributed by atoms with Gasteiger partial charge >= 0.3 is 0 Å². The summed E-state index contributed by atoms with van der Waals surface area (Å²) in [7, 11) is 0. The zero-order valence-corrected chi connectivity index (χ0v) is 15.3. The van der Waals surface area contributed by atoms with Crippen LogP contribution in [0.2, 0.25) is 0 Å². The van der Waals surface area contributed by atoms with Crippen molar-refractivity contribution in [2.24, 2.45) is 5.92 Å². The van der Waals surface area contributed by atoms with E-state index in [-0.39, 0.29) is 23.0 Å². The Kier molecular flexibility index (Phi) is 4.74. The first-order valence-electron chi connectivity index (χ1n) is 9.71. The fourth-order valence-electron chi connectivity index (χ4n) is 4.42. The second kappa shape index (κ2) is 7.17. The fraction of sp³-hybridized carbons (Fsp3) is 0.722. The molecule has 4 rings (SSSR count). The highest BCUT2D eigenvalue weighted by Gasteiger charge is 2.30. The van der Waals surface area contributed by atoms with E-state index in [4.69, 9.17) is 0 Å². The summed E-state index contributed by atoms with van der Waals surface area (Å²) in [5.41, 5.74) is 0.485. The van der Waals surface area contributed by atoms with E-state index in [9.17, 15) is 9.59 Å². The molecule has 1 atom stereocenters. The Labute approximate surface area is 152 Å². The number of carbonyl (C=O) groups is 1. The average molecular weight is 358 g/mol. The molecule has 0 radical (unpaired) electrons. The summed E-state index contributed by atoms with van der Waals surface area (Å²) in [5.74, 6) is 1.53. The molecule has 1 saturated carbocycles. The van der Waals surface area contributed by atoms with Crippen molar-refractivity contribution < 1.29 is 4.79 Å². The summed E-state index contributed by atoms with van der Waals surface area (Å²) in [5, 5.41) is 8.07. The molecular formula is C18H26N6O2. The Morgan fingerprint density at radius 1 is 1.23 bits per heavy atom. The third-order valence-corrected chi connectivity index (χ3v) is 5.81. The maximum Gasteiger partial charge on any atom is 0.281 e. The molecule has 2 aliphatic rings. The van der Waals surface area contributed by atoms with E-state index < -0.39 is 0 Å². The number of carbonyl (C=O) groups excluding carboxylic acids is 1. The average Bonchev–Trinajstić information content (AvgIpc) is 3.34. The van der Waals surface area contributed by atoms with Crippen LogP contribution in [0.5, 0.6) is 0 Å². The van der Waals surface area contributed by atoms with Crippen molar-refractivity contribution >= 4 is 17.1 Å². The van der Waals surface area contributed by atoms with Crippen LogP contribution < -0.4 is 5.56 Å². The number of amides is 1. The molecule has 8 nitrogen and oxygen atoms in total. The third-order valence-electron chi connectivity index (χ3n) is 5.81. The van der Waals surface area contributed by atoms with E-state index in [2.05, 4.69) is 20.3 Å². The summed E-state index contributed by atoms with van der Waals surface area (Å²) in [6.07, 6.45) is 8.83. The Hall–Kier alpha value is -2.25. The lowest BCUT2D eigenvalue weighted by Gasteiger charge is -2.25. The van der Waals surface area contributed by atoms with Gasteiger partial charge in [0.1, 0.15) is 5.82 Å². The molecule has 140 valence electrons. The van der Waals surface area contributed by atoms with Crippen molar-refractivity contribution in [1.82, 2.24) is 29.9 Å². The number of aromatic amines is 1. The summed E-state index contributed by atoms with van der Waals surface area (Å²) >= 11 is 0. The van der Waals surface area contributed by atoms with Crippen LogP contribution in [-0.2, 0) is 11.3 Å². The van der Waals surface area contributed by atoms with Gasteiger partial charge < -0.3 is 9.88 Å². The zero-order chi connectivity index (χ0) is 18.1. The van der Waals surface area contributed by atoms with Crippen LogP contribution in [-0.4, -0.2) is 48.4 Å². The lowest BCUT2D eigenvalue weighted by atomic mass is 10.0. The molecular weight excluding hydrogens is 332 g/mol. The van der Waals surface area contributed by atoms with Crippen molar-refractivity contribution in [2.75, 3.05) is 6.54 Å². The minimum absolute atomic E-state index is 0.109. The minimum atomic E-state index is -0.269. The molecule has 0 unspecified atom stereocenters. The van der Waals surface area contributed by atoms with Gasteiger partial charge in [-0.1, -0.05) is 30.9 Å². The molecule has 1 amide bonds. The van der Waals surface area contributed by atoms with Gasteiger partial charge in [-0.15, -0.1) is 5.10 Å². The Morgan fingerprint density at radius 2 is 2.04 bits per heavy atom. The van der Waals surface area contributed by atoms with Crippen molar-refractivity contribution in [3.8, 4) is 0 Å². The van der Waals surface area contributed by atoms with Crippen molar-refractivity contribution in [1.29, 1.82) is 0 Å². The van der Waals surface area contributed by atoms with Gasteiger partial charge in [0.2, 0.25) is 5.91 Å². The second-order valence-corrected chi connectivity index (χ2v) is 7.67. The number of hydrogen-bond acceptors (Lipinski definition) is 5. The topological polar surface area (TPSA) is 96.8 Å². The summed E-state index contributed by atoms with van der Waals surface area (Å²) in [6.45, 7) is 3.10. The van der Waals surface area contributed by atoms with E-state index >= 15 is 0 Å². The van der Waals surface area contributed by atoms with E-state index in [1.165, 1.54) is 25.7 Å². The van der Waals surface area contributed by atoms with Crippen LogP contribution in [0.1, 0.15) is 57.2 Å². The predicted octanol–water partition coefficient (Wildman–Crippen LogP) is 1.78. The smallest absolute Gasteiger partial charge is 0.281 e. The quantitative estimate of drug-likeness (QED) is 0.879. The van der Waals surface area contributed by atoms with Crippen molar-refractivity contribution in [3.63, 3.8) is 0 Å². The predicted molar refractivity (Wildman–Crippen MR) is 96.6 cm³/mol. The van der Waals surface area contributed by atoms with Crippen LogP contribution >= 0.6 is 0 Å². The van der Waals surface area contributed by atoms with Crippen LogP contribution in [0, 0.1) is 12.8 Å². The van der Waals surface area contributed by atoms with Gasteiger partial charge in [0, 0.05) is 13.0 Å². The number of nitrogens with zero attached hydrogens (tertiary/aromatic N) is 5. The van der Waals surface area contributed by atoms with Crippen LogP contribution in [0.15, 0.2) is 4.79 Å². The molecule has 0 aromatic carbocycles. The van der Waals surface area contributed by atoms with Gasteiger partial charge in [0.15, 0.2) is 11.2 Å². The lowest BCUT2D eigenvalue weighted by molar-refractivity contribution is -0.132. The molecule has 26 heavy (non-hydrogen) atoms. The molecule has 0 bridgehead atoms. The molecule has 8 heteroatoms. The highest BCUT2D eigenvalue weighted by Crippen LogP contribution is 2.29. The maximum absolute atomic E-state index is 12.7. The van der Waals surface area contributed by atoms with Crippen molar-refractivity contribution in [3.05, 3.63) is 16.2 Å². The normalized spacial score (nSPS) is 21.1. The van der Waals surface area contributed by atoms with Crippen LogP contribution in [0.4, 0.5) is 0 Å². The van der Waals surface area contributed by atoms with Gasteiger partial charge in [-0.25, -0.2) is 9.67 Å². The number of hydrogen-bond donors (Lipinski definition) is 1. The first-order valence-corrected chi connectivity index (χ1v) is 9.71. The molecule has 1 saturated heterocycles. The first kappa shape index (κ1) is 17.2. The number of rotatable bonds is 5. The largest absolute Gasteiger partial charge is 0.338 e. The van der Waals surface area contributed by atoms with E-state index in [1.54, 1.807) is 11.6 Å². The number of nitrogens with one attached hydrogen (secondary N) is 1. The monoisotopic (exact) mass is 358 g/mol. The Morgan fingerprint density at radius 3 is 2.85 bits per heavy atom. The van der Waals surface area contributed by atoms with Gasteiger partial charge in [-0.2, -0.15) is 0 Å². The number of H-pyrrole nitrogens is 1. The van der Waals surface area contributed by atoms with Gasteiger partial charge in [0.05, 0.1) is 12.6 Å². The van der Waals surface area contributed by atoms with E-state index in [0.717, 1.165) is 31.7 Å². The SMILES string of the molecule is Cc1nc2c(nnn2C[C@H]2CCCN2C(=O)CCC2CCCC2)c(=O)[nH]1. The standard InChI is InChI=1S/C18H26N6O2/c1-12-19-17-16(18(26)20-12)21-22-24(17)11-14-7-4-10-23(14)15(25)9-8-13-5-2-3-6-13/h13-14H,2-11H2,1H3,(H,19,20,26)/t14-/m1/s1.